The molecule has 3 rings (SSSR count). The number of fused-ring (bicyclic) bond motifs is 3. The van der Waals surface area contributed by atoms with E-state index in [1.807, 2.05) is 16.8 Å². The molecule has 3 heteroatoms. The van der Waals surface area contributed by atoms with E-state index in [0.29, 0.717) is 0 Å². The molecule has 0 atom stereocenters. The van der Waals surface area contributed by atoms with Crippen molar-refractivity contribution in [2.75, 3.05) is 0 Å². The zero-order valence-corrected chi connectivity index (χ0v) is 12.0. The van der Waals surface area contributed by atoms with Crippen LogP contribution in [0.4, 0.5) is 0 Å². The van der Waals surface area contributed by atoms with Gasteiger partial charge in [-0.2, -0.15) is 0 Å². The Balaban J connectivity index is 0.000000963. The van der Waals surface area contributed by atoms with Crippen LogP contribution in [0.3, 0.4) is 0 Å². The maximum Gasteiger partial charge on any atom is 0.0234 e. The Kier molecular flexibility index (Phi) is 3.05. The van der Waals surface area contributed by atoms with E-state index in [2.05, 4.69) is 37.2 Å². The van der Waals surface area contributed by atoms with Crippen molar-refractivity contribution in [3.05, 3.63) is 49.3 Å². The minimum absolute atomic E-state index is 0. The normalized spacial score (nSPS) is 10.6. The van der Waals surface area contributed by atoms with Gasteiger partial charge in [0.25, 0.3) is 0 Å². The third kappa shape index (κ3) is 1.57. The molecule has 0 saturated heterocycles. The molecule has 1 radical (unpaired) electrons. The Bertz CT molecular complexity index is 655. The van der Waals surface area contributed by atoms with Gasteiger partial charge in [0, 0.05) is 45.1 Å². The zero-order chi connectivity index (χ0) is 10.4. The number of hydrogen-bond acceptors (Lipinski definition) is 1. The number of nitrogens with zero attached hydrogens (tertiary/aromatic N) is 2. The molecule has 0 bridgehead atoms. The van der Waals surface area contributed by atoms with Crippen LogP contribution in [-0.4, -0.2) is 9.55 Å². The summed E-state index contributed by atoms with van der Waals surface area (Å²) in [5, 5.41) is 2.40. The number of pyridine rings is 1. The summed E-state index contributed by atoms with van der Waals surface area (Å²) in [6, 6.07) is 8.40. The Morgan fingerprint density at radius 1 is 1.12 bits per heavy atom. The second-order valence-electron chi connectivity index (χ2n) is 3.84. The average Bonchev–Trinajstić information content (AvgIpc) is 2.54. The molecule has 77 valence electrons. The summed E-state index contributed by atoms with van der Waals surface area (Å²) < 4.78 is 1.96. The van der Waals surface area contributed by atoms with Crippen molar-refractivity contribution in [1.29, 1.82) is 0 Å². The summed E-state index contributed by atoms with van der Waals surface area (Å²) >= 11 is 0. The zero-order valence-electron chi connectivity index (χ0n) is 9.14. The van der Waals surface area contributed by atoms with Gasteiger partial charge in [0.15, 0.2) is 0 Å². The van der Waals surface area contributed by atoms with Gasteiger partial charge in [-0.3, -0.25) is 4.98 Å². The smallest absolute Gasteiger partial charge is 0.0234 e. The summed E-state index contributed by atoms with van der Waals surface area (Å²) in [6.07, 6.45) is 3.70. The average molecular weight is 284 g/mol. The van der Waals surface area contributed by atoms with Crippen molar-refractivity contribution in [3.63, 3.8) is 0 Å². The second-order valence-corrected chi connectivity index (χ2v) is 3.84. The first-order chi connectivity index (χ1) is 7.27. The number of hydrogen-bond donors (Lipinski definition) is 0. The Hall–Kier alpha value is -0.856. The predicted octanol–water partition coefficient (Wildman–Crippen LogP) is 3.14. The van der Waals surface area contributed by atoms with Crippen LogP contribution in [0.5, 0.6) is 0 Å². The maximum atomic E-state index is 4.16. The van der Waals surface area contributed by atoms with Crippen molar-refractivity contribution in [2.45, 2.75) is 6.92 Å². The van der Waals surface area contributed by atoms with Gasteiger partial charge >= 0.3 is 0 Å². The van der Waals surface area contributed by atoms with Gasteiger partial charge in [0.1, 0.15) is 0 Å². The van der Waals surface area contributed by atoms with E-state index in [1.54, 1.807) is 6.20 Å². The third-order valence-corrected chi connectivity index (χ3v) is 2.82. The van der Waals surface area contributed by atoms with Gasteiger partial charge < -0.3 is 4.57 Å². The molecule has 2 heterocycles. The van der Waals surface area contributed by atoms with Gasteiger partial charge in [0.2, 0.25) is 0 Å². The standard InChI is InChI=1S/C13H11N2.Y/c1-9-3-4-12-10(7-9)11-8-14-6-5-13(11)15(12)2;/h3-8H,2H2,1H3;/q-1;. The number of rotatable bonds is 0. The molecule has 2 aromatic heterocycles. The summed E-state index contributed by atoms with van der Waals surface area (Å²) in [6.45, 7) is 2.10. The van der Waals surface area contributed by atoms with Crippen LogP contribution in [0.25, 0.3) is 21.8 Å². The summed E-state index contributed by atoms with van der Waals surface area (Å²) in [5.41, 5.74) is 3.55. The predicted molar refractivity (Wildman–Crippen MR) is 62.7 cm³/mol. The molecule has 0 spiro atoms. The monoisotopic (exact) mass is 284 g/mol. The van der Waals surface area contributed by atoms with Crippen LogP contribution in [-0.2, 0) is 32.7 Å². The van der Waals surface area contributed by atoms with Crippen molar-refractivity contribution in [1.82, 2.24) is 9.55 Å². The molecule has 3 aromatic rings. The molecule has 0 aliphatic rings. The molecular formula is C13H11N2Y-. The molecule has 2 nitrogen and oxygen atoms in total. The van der Waals surface area contributed by atoms with E-state index >= 15 is 0 Å². The van der Waals surface area contributed by atoms with Crippen LogP contribution in [0.1, 0.15) is 5.56 Å². The first-order valence-electron chi connectivity index (χ1n) is 4.93. The Labute approximate surface area is 120 Å². The summed E-state index contributed by atoms with van der Waals surface area (Å²) in [5.74, 6) is 0. The molecule has 0 saturated carbocycles. The Morgan fingerprint density at radius 2 is 1.88 bits per heavy atom. The van der Waals surface area contributed by atoms with E-state index in [-0.39, 0.29) is 32.7 Å². The van der Waals surface area contributed by atoms with Crippen molar-refractivity contribution in [2.24, 2.45) is 0 Å². The fourth-order valence-corrected chi connectivity index (χ4v) is 2.06. The van der Waals surface area contributed by atoms with Gasteiger partial charge in [-0.1, -0.05) is 46.2 Å². The SMILES string of the molecule is [CH2-]n1c2ccncc2c2cc(C)ccc21.[Y]. The van der Waals surface area contributed by atoms with Crippen molar-refractivity contribution in [3.8, 4) is 0 Å². The number of aryl methyl sites for hydroxylation is 1. The van der Waals surface area contributed by atoms with Gasteiger partial charge in [-0.05, 0) is 12.3 Å². The molecule has 0 N–H and O–H groups in total. The van der Waals surface area contributed by atoms with E-state index in [4.69, 9.17) is 0 Å². The van der Waals surface area contributed by atoms with Crippen LogP contribution in [0.15, 0.2) is 36.7 Å². The maximum absolute atomic E-state index is 4.16. The van der Waals surface area contributed by atoms with Crippen LogP contribution in [0.2, 0.25) is 0 Å². The fraction of sp³-hybridized carbons (Fsp3) is 0.0769. The van der Waals surface area contributed by atoms with E-state index in [0.717, 1.165) is 11.0 Å². The van der Waals surface area contributed by atoms with Crippen molar-refractivity contribution >= 4 is 21.8 Å². The fourth-order valence-electron chi connectivity index (χ4n) is 2.06. The first kappa shape index (κ1) is 11.6. The van der Waals surface area contributed by atoms with Crippen molar-refractivity contribution < 1.29 is 32.7 Å². The number of benzene rings is 1. The molecule has 1 aromatic carbocycles. The van der Waals surface area contributed by atoms with Crippen LogP contribution >= 0.6 is 0 Å². The Morgan fingerprint density at radius 3 is 2.69 bits per heavy atom. The molecule has 16 heavy (non-hydrogen) atoms. The molecule has 0 unspecified atom stereocenters. The quantitative estimate of drug-likeness (QED) is 0.580. The van der Waals surface area contributed by atoms with E-state index in [9.17, 15) is 0 Å². The molecule has 0 aliphatic heterocycles. The summed E-state index contributed by atoms with van der Waals surface area (Å²) in [4.78, 5) is 4.16. The molecular weight excluding hydrogens is 273 g/mol. The minimum atomic E-state index is 0. The van der Waals surface area contributed by atoms with Crippen LogP contribution in [0, 0.1) is 14.0 Å². The third-order valence-electron chi connectivity index (χ3n) is 2.82. The first-order valence-corrected chi connectivity index (χ1v) is 4.93. The molecule has 0 aliphatic carbocycles. The number of aromatic nitrogens is 2. The summed E-state index contributed by atoms with van der Waals surface area (Å²) in [7, 11) is 4.06. The van der Waals surface area contributed by atoms with Gasteiger partial charge in [-0.25, -0.2) is 0 Å². The van der Waals surface area contributed by atoms with Gasteiger partial charge in [-0.15, -0.1) is 7.05 Å². The second kappa shape index (κ2) is 4.19. The minimum Gasteiger partial charge on any atom is -0.480 e. The van der Waals surface area contributed by atoms with Crippen LogP contribution < -0.4 is 0 Å². The molecule has 0 amide bonds. The molecule has 0 fully saturated rings. The topological polar surface area (TPSA) is 17.8 Å². The largest absolute Gasteiger partial charge is 0.480 e. The van der Waals surface area contributed by atoms with E-state index < -0.39 is 0 Å². The van der Waals surface area contributed by atoms with Gasteiger partial charge in [0.05, 0.1) is 0 Å². The van der Waals surface area contributed by atoms with E-state index in [1.165, 1.54) is 16.3 Å².